The molecule has 2 N–H and O–H groups in total. The highest BCUT2D eigenvalue weighted by Crippen LogP contribution is 2.28. The summed E-state index contributed by atoms with van der Waals surface area (Å²) in [4.78, 5) is 13.3. The van der Waals surface area contributed by atoms with Crippen LogP contribution in [0.3, 0.4) is 0 Å². The first-order valence-electron chi connectivity index (χ1n) is 7.37. The molecule has 1 fully saturated rings. The predicted octanol–water partition coefficient (Wildman–Crippen LogP) is 3.27. The highest BCUT2D eigenvalue weighted by atomic mass is 79.9. The van der Waals surface area contributed by atoms with Crippen molar-refractivity contribution >= 4 is 33.6 Å². The molecule has 0 saturated carbocycles. The van der Waals surface area contributed by atoms with E-state index in [2.05, 4.69) is 59.5 Å². The molecular weight excluding hydrogens is 348 g/mol. The number of nitrogens with one attached hydrogen (secondary N) is 2. The van der Waals surface area contributed by atoms with Crippen molar-refractivity contribution in [3.63, 3.8) is 0 Å². The Morgan fingerprint density at radius 2 is 2.19 bits per heavy atom. The van der Waals surface area contributed by atoms with Crippen LogP contribution in [-0.4, -0.2) is 30.8 Å². The number of aryl methyl sites for hydroxylation is 2. The first kappa shape index (κ1) is 16.8. The summed E-state index contributed by atoms with van der Waals surface area (Å²) in [6, 6.07) is 4.57. The van der Waals surface area contributed by atoms with Crippen LogP contribution in [0.25, 0.3) is 0 Å². The van der Waals surface area contributed by atoms with Crippen LogP contribution >= 0.6 is 27.7 Å². The summed E-state index contributed by atoms with van der Waals surface area (Å²) in [6.07, 6.45) is 1.02. The topological polar surface area (TPSA) is 41.1 Å². The highest BCUT2D eigenvalue weighted by Gasteiger charge is 2.22. The van der Waals surface area contributed by atoms with Crippen LogP contribution in [0.1, 0.15) is 24.5 Å². The third-order valence-corrected chi connectivity index (χ3v) is 5.96. The molecular formula is C16H23BrN2OS. The number of amides is 1. The summed E-state index contributed by atoms with van der Waals surface area (Å²) in [5.74, 6) is 1.13. The molecule has 1 aromatic rings. The summed E-state index contributed by atoms with van der Waals surface area (Å²) in [7, 11) is 0. The van der Waals surface area contributed by atoms with Crippen LogP contribution in [-0.2, 0) is 4.79 Å². The van der Waals surface area contributed by atoms with Gasteiger partial charge in [0.1, 0.15) is 0 Å². The monoisotopic (exact) mass is 370 g/mol. The first-order valence-corrected chi connectivity index (χ1v) is 9.15. The zero-order chi connectivity index (χ0) is 15.4. The average molecular weight is 371 g/mol. The van der Waals surface area contributed by atoms with Gasteiger partial charge in [-0.1, -0.05) is 22.9 Å². The maximum Gasteiger partial charge on any atom is 0.230 e. The molecule has 5 heteroatoms. The molecule has 1 heterocycles. The van der Waals surface area contributed by atoms with E-state index in [1.807, 2.05) is 0 Å². The Morgan fingerprint density at radius 1 is 1.43 bits per heavy atom. The number of carbonyl (C=O) groups excluding carboxylic acids is 1. The van der Waals surface area contributed by atoms with Gasteiger partial charge in [0.05, 0.1) is 5.75 Å². The van der Waals surface area contributed by atoms with Crippen molar-refractivity contribution in [2.45, 2.75) is 38.1 Å². The zero-order valence-electron chi connectivity index (χ0n) is 12.8. The second-order valence-electron chi connectivity index (χ2n) is 5.80. The van der Waals surface area contributed by atoms with E-state index >= 15 is 0 Å². The Morgan fingerprint density at radius 3 is 2.90 bits per heavy atom. The summed E-state index contributed by atoms with van der Waals surface area (Å²) in [5.41, 5.74) is 2.41. The van der Waals surface area contributed by atoms with Crippen molar-refractivity contribution in [1.29, 1.82) is 0 Å². The summed E-state index contributed by atoms with van der Waals surface area (Å²) >= 11 is 5.16. The Balaban J connectivity index is 1.88. The summed E-state index contributed by atoms with van der Waals surface area (Å²) in [6.45, 7) is 8.33. The second kappa shape index (κ2) is 7.65. The summed E-state index contributed by atoms with van der Waals surface area (Å²) in [5, 5.41) is 6.53. The molecule has 0 aromatic heterocycles. The largest absolute Gasteiger partial charge is 0.352 e. The van der Waals surface area contributed by atoms with Gasteiger partial charge in [0.2, 0.25) is 5.91 Å². The van der Waals surface area contributed by atoms with Gasteiger partial charge in [-0.15, -0.1) is 11.8 Å². The predicted molar refractivity (Wildman–Crippen MR) is 92.9 cm³/mol. The van der Waals surface area contributed by atoms with Gasteiger partial charge in [-0.3, -0.25) is 4.79 Å². The molecule has 1 saturated heterocycles. The number of halogens is 1. The lowest BCUT2D eigenvalue weighted by atomic mass is 9.95. The fraction of sp³-hybridized carbons (Fsp3) is 0.562. The van der Waals surface area contributed by atoms with E-state index in [-0.39, 0.29) is 5.91 Å². The van der Waals surface area contributed by atoms with Crippen molar-refractivity contribution < 1.29 is 4.79 Å². The van der Waals surface area contributed by atoms with Crippen LogP contribution in [0.5, 0.6) is 0 Å². The lowest BCUT2D eigenvalue weighted by molar-refractivity contribution is -0.119. The Kier molecular flexibility index (Phi) is 6.14. The molecule has 1 aliphatic heterocycles. The van der Waals surface area contributed by atoms with E-state index in [1.165, 1.54) is 16.0 Å². The molecule has 0 spiro atoms. The number of hydrogen-bond acceptors (Lipinski definition) is 3. The van der Waals surface area contributed by atoms with Gasteiger partial charge >= 0.3 is 0 Å². The second-order valence-corrected chi connectivity index (χ2v) is 7.67. The third-order valence-electron chi connectivity index (χ3n) is 3.95. The van der Waals surface area contributed by atoms with Gasteiger partial charge in [0, 0.05) is 15.4 Å². The molecule has 1 aliphatic rings. The van der Waals surface area contributed by atoms with Crippen molar-refractivity contribution in [3.8, 4) is 0 Å². The third kappa shape index (κ3) is 4.73. The van der Waals surface area contributed by atoms with Gasteiger partial charge in [0.15, 0.2) is 0 Å². The first-order chi connectivity index (χ1) is 9.97. The number of piperidine rings is 1. The molecule has 1 aromatic carbocycles. The average Bonchev–Trinajstić information content (AvgIpc) is 2.44. The molecule has 116 valence electrons. The maximum atomic E-state index is 12.1. The lowest BCUT2D eigenvalue weighted by Crippen LogP contribution is -2.48. The Labute approximate surface area is 139 Å². The number of benzene rings is 1. The highest BCUT2D eigenvalue weighted by molar-refractivity contribution is 9.10. The van der Waals surface area contributed by atoms with Gasteiger partial charge in [-0.05, 0) is 62.5 Å². The van der Waals surface area contributed by atoms with Crippen molar-refractivity contribution in [1.82, 2.24) is 10.6 Å². The fourth-order valence-corrected chi connectivity index (χ4v) is 3.90. The molecule has 2 unspecified atom stereocenters. The van der Waals surface area contributed by atoms with E-state index < -0.39 is 0 Å². The molecule has 2 rings (SSSR count). The fourth-order valence-electron chi connectivity index (χ4n) is 2.53. The molecule has 0 aliphatic carbocycles. The van der Waals surface area contributed by atoms with E-state index in [0.29, 0.717) is 17.7 Å². The quantitative estimate of drug-likeness (QED) is 0.799. The van der Waals surface area contributed by atoms with Gasteiger partial charge in [0.25, 0.3) is 0 Å². The maximum absolute atomic E-state index is 12.1. The molecule has 1 amide bonds. The van der Waals surface area contributed by atoms with E-state index in [9.17, 15) is 4.79 Å². The van der Waals surface area contributed by atoms with Crippen molar-refractivity contribution in [3.05, 3.63) is 27.7 Å². The smallest absolute Gasteiger partial charge is 0.230 e. The standard InChI is InChI=1S/C16H23BrN2OS/c1-10-7-15(11(2)6-13(10)17)21-9-16(20)19-14-4-5-18-8-12(14)3/h6-7,12,14,18H,4-5,8-9H2,1-3H3,(H,19,20). The number of rotatable bonds is 4. The van der Waals surface area contributed by atoms with Gasteiger partial charge < -0.3 is 10.6 Å². The minimum absolute atomic E-state index is 0.138. The molecule has 0 bridgehead atoms. The van der Waals surface area contributed by atoms with Crippen LogP contribution in [0.15, 0.2) is 21.5 Å². The molecule has 21 heavy (non-hydrogen) atoms. The van der Waals surface area contributed by atoms with Crippen molar-refractivity contribution in [2.24, 2.45) is 5.92 Å². The molecule has 2 atom stereocenters. The minimum Gasteiger partial charge on any atom is -0.352 e. The number of thioether (sulfide) groups is 1. The summed E-state index contributed by atoms with van der Waals surface area (Å²) < 4.78 is 1.12. The Bertz CT molecular complexity index is 521. The van der Waals surface area contributed by atoms with Crippen LogP contribution in [0.4, 0.5) is 0 Å². The van der Waals surface area contributed by atoms with Crippen LogP contribution < -0.4 is 10.6 Å². The molecule has 0 radical (unpaired) electrons. The number of carbonyl (C=O) groups is 1. The number of hydrogen-bond donors (Lipinski definition) is 2. The lowest BCUT2D eigenvalue weighted by Gasteiger charge is -2.30. The minimum atomic E-state index is 0.138. The van der Waals surface area contributed by atoms with E-state index in [4.69, 9.17) is 0 Å². The van der Waals surface area contributed by atoms with Gasteiger partial charge in [-0.2, -0.15) is 0 Å². The zero-order valence-corrected chi connectivity index (χ0v) is 15.2. The Hall–Kier alpha value is -0.520. The van der Waals surface area contributed by atoms with Gasteiger partial charge in [-0.25, -0.2) is 0 Å². The van der Waals surface area contributed by atoms with Crippen molar-refractivity contribution in [2.75, 3.05) is 18.8 Å². The van der Waals surface area contributed by atoms with E-state index in [0.717, 1.165) is 24.0 Å². The SMILES string of the molecule is Cc1cc(SCC(=O)NC2CCNCC2C)c(C)cc1Br. The van der Waals surface area contributed by atoms with Crippen LogP contribution in [0, 0.1) is 19.8 Å². The normalized spacial score (nSPS) is 22.1. The van der Waals surface area contributed by atoms with Crippen LogP contribution in [0.2, 0.25) is 0 Å². The molecule has 3 nitrogen and oxygen atoms in total. The van der Waals surface area contributed by atoms with E-state index in [1.54, 1.807) is 11.8 Å².